The molecule has 3 rings (SSSR count). The van der Waals surface area contributed by atoms with Gasteiger partial charge in [0.2, 0.25) is 5.13 Å². The lowest BCUT2D eigenvalue weighted by molar-refractivity contribution is 0.415. The Bertz CT molecular complexity index is 714. The predicted molar refractivity (Wildman–Crippen MR) is 72.8 cm³/mol. The van der Waals surface area contributed by atoms with Crippen LogP contribution in [0.25, 0.3) is 15.3 Å². The van der Waals surface area contributed by atoms with Crippen LogP contribution in [0.3, 0.4) is 0 Å². The second-order valence-corrected chi connectivity index (χ2v) is 5.18. The predicted octanol–water partition coefficient (Wildman–Crippen LogP) is 3.11. The van der Waals surface area contributed by atoms with Crippen molar-refractivity contribution in [3.63, 3.8) is 0 Å². The number of aryl methyl sites for hydroxylation is 2. The fourth-order valence-electron chi connectivity index (χ4n) is 1.93. The molecule has 4 nitrogen and oxygen atoms in total. The Morgan fingerprint density at radius 2 is 2.06 bits per heavy atom. The van der Waals surface area contributed by atoms with Crippen molar-refractivity contribution in [1.82, 2.24) is 14.8 Å². The van der Waals surface area contributed by atoms with Crippen molar-refractivity contribution in [2.75, 3.05) is 7.11 Å². The average molecular weight is 259 g/mol. The summed E-state index contributed by atoms with van der Waals surface area (Å²) in [6.45, 7) is 4.02. The first-order chi connectivity index (χ1) is 8.67. The molecule has 2 aromatic heterocycles. The van der Waals surface area contributed by atoms with Gasteiger partial charge in [0.1, 0.15) is 5.75 Å². The molecule has 0 bridgehead atoms. The molecule has 0 radical (unpaired) electrons. The molecule has 0 saturated carbocycles. The van der Waals surface area contributed by atoms with E-state index in [-0.39, 0.29) is 0 Å². The molecule has 0 fully saturated rings. The number of methoxy groups -OCH3 is 1. The van der Waals surface area contributed by atoms with Crippen molar-refractivity contribution in [1.29, 1.82) is 0 Å². The number of ether oxygens (including phenoxy) is 1. The van der Waals surface area contributed by atoms with Crippen molar-refractivity contribution in [2.24, 2.45) is 0 Å². The minimum absolute atomic E-state index is 0.853. The largest absolute Gasteiger partial charge is 0.497 e. The third-order valence-corrected chi connectivity index (χ3v) is 3.77. The monoisotopic (exact) mass is 259 g/mol. The molecule has 1 aromatic carbocycles. The highest BCUT2D eigenvalue weighted by atomic mass is 32.1. The number of aromatic nitrogens is 3. The molecular weight excluding hydrogens is 246 g/mol. The first kappa shape index (κ1) is 11.2. The molecule has 5 heteroatoms. The summed E-state index contributed by atoms with van der Waals surface area (Å²) in [7, 11) is 1.67. The molecule has 0 saturated heterocycles. The lowest BCUT2D eigenvalue weighted by atomic mass is 10.3. The summed E-state index contributed by atoms with van der Waals surface area (Å²) in [6, 6.07) is 7.95. The molecule has 92 valence electrons. The van der Waals surface area contributed by atoms with E-state index in [0.717, 1.165) is 32.5 Å². The first-order valence-corrected chi connectivity index (χ1v) is 6.47. The van der Waals surface area contributed by atoms with E-state index in [4.69, 9.17) is 4.74 Å². The molecule has 0 spiro atoms. The van der Waals surface area contributed by atoms with Gasteiger partial charge in [-0.25, -0.2) is 9.67 Å². The quantitative estimate of drug-likeness (QED) is 0.710. The van der Waals surface area contributed by atoms with Crippen LogP contribution in [0.4, 0.5) is 0 Å². The highest BCUT2D eigenvalue weighted by molar-refractivity contribution is 7.20. The zero-order valence-corrected chi connectivity index (χ0v) is 11.3. The normalized spacial score (nSPS) is 11.1. The molecule has 3 aromatic rings. The maximum absolute atomic E-state index is 5.22. The van der Waals surface area contributed by atoms with E-state index in [1.54, 1.807) is 18.4 Å². The van der Waals surface area contributed by atoms with Gasteiger partial charge >= 0.3 is 0 Å². The molecule has 0 amide bonds. The molecular formula is C13H13N3OS. The van der Waals surface area contributed by atoms with Crippen molar-refractivity contribution in [2.45, 2.75) is 13.8 Å². The van der Waals surface area contributed by atoms with E-state index in [2.05, 4.69) is 10.1 Å². The van der Waals surface area contributed by atoms with Gasteiger partial charge in [-0.2, -0.15) is 5.10 Å². The smallest absolute Gasteiger partial charge is 0.211 e. The maximum Gasteiger partial charge on any atom is 0.211 e. The van der Waals surface area contributed by atoms with Gasteiger partial charge in [0, 0.05) is 5.69 Å². The summed E-state index contributed by atoms with van der Waals surface area (Å²) < 4.78 is 8.21. The van der Waals surface area contributed by atoms with Crippen LogP contribution < -0.4 is 4.74 Å². The number of fused-ring (bicyclic) bond motifs is 1. The van der Waals surface area contributed by atoms with Gasteiger partial charge < -0.3 is 4.74 Å². The average Bonchev–Trinajstić information content (AvgIpc) is 2.90. The number of nitrogens with zero attached hydrogens (tertiary/aromatic N) is 3. The third-order valence-electron chi connectivity index (χ3n) is 2.78. The topological polar surface area (TPSA) is 39.9 Å². The summed E-state index contributed by atoms with van der Waals surface area (Å²) >= 11 is 1.62. The van der Waals surface area contributed by atoms with Crippen molar-refractivity contribution in [3.05, 3.63) is 35.7 Å². The Hall–Kier alpha value is -1.88. The fraction of sp³-hybridized carbons (Fsp3) is 0.231. The lowest BCUT2D eigenvalue weighted by Crippen LogP contribution is -1.97. The molecule has 0 aliphatic rings. The zero-order valence-electron chi connectivity index (χ0n) is 10.5. The number of hydrogen-bond donors (Lipinski definition) is 0. The standard InChI is InChI=1S/C13H13N3OS/c1-8-6-9(2)16(15-8)13-14-11-5-4-10(17-3)7-12(11)18-13/h4-7H,1-3H3. The van der Waals surface area contributed by atoms with Crippen LogP contribution >= 0.6 is 11.3 Å². The summed E-state index contributed by atoms with van der Waals surface area (Å²) in [5.41, 5.74) is 3.08. The van der Waals surface area contributed by atoms with Crippen LogP contribution in [0.15, 0.2) is 24.3 Å². The van der Waals surface area contributed by atoms with E-state index in [0.29, 0.717) is 0 Å². The minimum Gasteiger partial charge on any atom is -0.497 e. The summed E-state index contributed by atoms with van der Waals surface area (Å²) in [4.78, 5) is 4.60. The lowest BCUT2D eigenvalue weighted by Gasteiger charge is -1.96. The van der Waals surface area contributed by atoms with Crippen molar-refractivity contribution < 1.29 is 4.74 Å². The molecule has 0 aliphatic carbocycles. The van der Waals surface area contributed by atoms with Crippen LogP contribution in [0.2, 0.25) is 0 Å². The Kier molecular flexibility index (Phi) is 2.56. The van der Waals surface area contributed by atoms with Crippen LogP contribution in [0.5, 0.6) is 5.75 Å². The van der Waals surface area contributed by atoms with Crippen LogP contribution in [-0.2, 0) is 0 Å². The van der Waals surface area contributed by atoms with Gasteiger partial charge in [0.05, 0.1) is 23.0 Å². The number of hydrogen-bond acceptors (Lipinski definition) is 4. The molecule has 0 atom stereocenters. The van der Waals surface area contributed by atoms with Gasteiger partial charge in [0.25, 0.3) is 0 Å². The number of rotatable bonds is 2. The summed E-state index contributed by atoms with van der Waals surface area (Å²) in [6.07, 6.45) is 0. The number of thiazole rings is 1. The van der Waals surface area contributed by atoms with Crippen LogP contribution in [0.1, 0.15) is 11.4 Å². The Balaban J connectivity index is 2.16. The molecule has 0 unspecified atom stereocenters. The third kappa shape index (κ3) is 1.76. The van der Waals surface area contributed by atoms with Crippen LogP contribution in [0, 0.1) is 13.8 Å². The Morgan fingerprint density at radius 3 is 2.72 bits per heavy atom. The highest BCUT2D eigenvalue weighted by Gasteiger charge is 2.10. The molecule has 0 N–H and O–H groups in total. The Labute approximate surface area is 109 Å². The Morgan fingerprint density at radius 1 is 1.22 bits per heavy atom. The summed E-state index contributed by atoms with van der Waals surface area (Å²) in [5, 5.41) is 5.34. The van der Waals surface area contributed by atoms with Gasteiger partial charge in [-0.1, -0.05) is 11.3 Å². The second kappa shape index (κ2) is 4.10. The highest BCUT2D eigenvalue weighted by Crippen LogP contribution is 2.28. The summed E-state index contributed by atoms with van der Waals surface area (Å²) in [5.74, 6) is 0.853. The maximum atomic E-state index is 5.22. The van der Waals surface area contributed by atoms with Gasteiger partial charge in [-0.05, 0) is 38.1 Å². The second-order valence-electron chi connectivity index (χ2n) is 4.17. The van der Waals surface area contributed by atoms with Gasteiger partial charge in [-0.3, -0.25) is 0 Å². The minimum atomic E-state index is 0.853. The van der Waals surface area contributed by atoms with E-state index >= 15 is 0 Å². The van der Waals surface area contributed by atoms with Crippen LogP contribution in [-0.4, -0.2) is 21.9 Å². The van der Waals surface area contributed by atoms with Gasteiger partial charge in [0.15, 0.2) is 0 Å². The first-order valence-electron chi connectivity index (χ1n) is 5.65. The molecule has 18 heavy (non-hydrogen) atoms. The molecule has 0 aliphatic heterocycles. The fourth-order valence-corrected chi connectivity index (χ4v) is 2.94. The van der Waals surface area contributed by atoms with Crippen molar-refractivity contribution in [3.8, 4) is 10.9 Å². The van der Waals surface area contributed by atoms with Crippen molar-refractivity contribution >= 4 is 21.6 Å². The zero-order chi connectivity index (χ0) is 12.7. The number of benzene rings is 1. The van der Waals surface area contributed by atoms with E-state index in [1.165, 1.54) is 0 Å². The van der Waals surface area contributed by atoms with E-state index < -0.39 is 0 Å². The van der Waals surface area contributed by atoms with E-state index in [1.807, 2.05) is 42.8 Å². The van der Waals surface area contributed by atoms with E-state index in [9.17, 15) is 0 Å². The molecule has 2 heterocycles. The SMILES string of the molecule is COc1ccc2nc(-n3nc(C)cc3C)sc2c1. The van der Waals surface area contributed by atoms with Gasteiger partial charge in [-0.15, -0.1) is 0 Å².